The molecule has 158 valence electrons. The van der Waals surface area contributed by atoms with E-state index in [0.29, 0.717) is 11.8 Å². The zero-order chi connectivity index (χ0) is 20.7. The average molecular weight is 399 g/mol. The van der Waals surface area contributed by atoms with Crippen molar-refractivity contribution in [2.24, 2.45) is 5.92 Å². The second kappa shape index (κ2) is 10.1. The summed E-state index contributed by atoms with van der Waals surface area (Å²) in [6.45, 7) is 7.37. The molecule has 29 heavy (non-hydrogen) atoms. The summed E-state index contributed by atoms with van der Waals surface area (Å²) >= 11 is 0. The topological polar surface area (TPSA) is 44.3 Å². The van der Waals surface area contributed by atoms with Gasteiger partial charge in [-0.1, -0.05) is 30.3 Å². The van der Waals surface area contributed by atoms with Crippen LogP contribution in [0.5, 0.6) is 11.5 Å². The summed E-state index contributed by atoms with van der Waals surface area (Å²) in [5.74, 6) is 2.84. The molecule has 4 nitrogen and oxygen atoms in total. The van der Waals surface area contributed by atoms with Crippen LogP contribution in [0.2, 0.25) is 0 Å². The number of methoxy groups -OCH3 is 2. The van der Waals surface area contributed by atoms with Crippen molar-refractivity contribution in [3.63, 3.8) is 0 Å². The summed E-state index contributed by atoms with van der Waals surface area (Å²) in [7, 11) is 3.36. The number of rotatable bonds is 9. The second-order valence-electron chi connectivity index (χ2n) is 8.64. The Morgan fingerprint density at radius 2 is 1.83 bits per heavy atom. The number of hydrogen-bond donors (Lipinski definition) is 1. The summed E-state index contributed by atoms with van der Waals surface area (Å²) in [5, 5.41) is 2.40. The minimum absolute atomic E-state index is 0.0146. The highest BCUT2D eigenvalue weighted by Crippen LogP contribution is 2.39. The third-order valence-electron chi connectivity index (χ3n) is 6.04. The van der Waals surface area contributed by atoms with Gasteiger partial charge in [0.15, 0.2) is 11.5 Å². The first kappa shape index (κ1) is 21.7. The lowest BCUT2D eigenvalue weighted by molar-refractivity contribution is -0.671. The van der Waals surface area contributed by atoms with Crippen molar-refractivity contribution in [1.82, 2.24) is 0 Å². The zero-order valence-corrected chi connectivity index (χ0v) is 18.3. The smallest absolute Gasteiger partial charge is 0.161 e. The Morgan fingerprint density at radius 3 is 2.52 bits per heavy atom. The first-order valence-corrected chi connectivity index (χ1v) is 10.7. The Bertz CT molecular complexity index is 760. The second-order valence-corrected chi connectivity index (χ2v) is 8.64. The Labute approximate surface area is 175 Å². The molecule has 3 rings (SSSR count). The van der Waals surface area contributed by atoms with Crippen LogP contribution >= 0.6 is 0 Å². The number of nitrogens with two attached hydrogens (primary N) is 1. The molecule has 0 aromatic heterocycles. The zero-order valence-electron chi connectivity index (χ0n) is 18.3. The summed E-state index contributed by atoms with van der Waals surface area (Å²) in [6.07, 6.45) is 3.46. The van der Waals surface area contributed by atoms with E-state index in [4.69, 9.17) is 14.2 Å². The van der Waals surface area contributed by atoms with Crippen LogP contribution in [-0.2, 0) is 11.3 Å². The molecule has 0 aliphatic carbocycles. The van der Waals surface area contributed by atoms with Crippen molar-refractivity contribution >= 4 is 0 Å². The van der Waals surface area contributed by atoms with Gasteiger partial charge in [-0.15, -0.1) is 0 Å². The van der Waals surface area contributed by atoms with Crippen molar-refractivity contribution in [2.75, 3.05) is 27.4 Å². The van der Waals surface area contributed by atoms with Gasteiger partial charge in [0.05, 0.1) is 26.4 Å². The average Bonchev–Trinajstić information content (AvgIpc) is 2.73. The largest absolute Gasteiger partial charge is 0.493 e. The van der Waals surface area contributed by atoms with Gasteiger partial charge >= 0.3 is 0 Å². The first-order valence-electron chi connectivity index (χ1n) is 10.7. The van der Waals surface area contributed by atoms with Gasteiger partial charge in [-0.3, -0.25) is 0 Å². The Hall–Kier alpha value is -2.04. The van der Waals surface area contributed by atoms with Crippen LogP contribution in [0.1, 0.15) is 50.2 Å². The highest BCUT2D eigenvalue weighted by molar-refractivity contribution is 5.42. The Morgan fingerprint density at radius 1 is 1.07 bits per heavy atom. The summed E-state index contributed by atoms with van der Waals surface area (Å²) < 4.78 is 16.7. The number of ether oxygens (including phenoxy) is 3. The maximum atomic E-state index is 5.98. The normalized spacial score (nSPS) is 19.5. The van der Waals surface area contributed by atoms with Crippen molar-refractivity contribution in [1.29, 1.82) is 0 Å². The molecule has 2 N–H and O–H groups in total. The van der Waals surface area contributed by atoms with E-state index in [0.717, 1.165) is 44.0 Å². The summed E-state index contributed by atoms with van der Waals surface area (Å²) in [4.78, 5) is 0. The lowest BCUT2D eigenvalue weighted by Gasteiger charge is -2.39. The molecular weight excluding hydrogens is 362 g/mol. The Balaban J connectivity index is 1.60. The molecule has 4 heteroatoms. The van der Waals surface area contributed by atoms with E-state index >= 15 is 0 Å². The molecule has 2 atom stereocenters. The van der Waals surface area contributed by atoms with Crippen LogP contribution in [-0.4, -0.2) is 33.0 Å². The van der Waals surface area contributed by atoms with Gasteiger partial charge in [-0.25, -0.2) is 0 Å². The van der Waals surface area contributed by atoms with E-state index < -0.39 is 0 Å². The molecule has 2 aromatic carbocycles. The van der Waals surface area contributed by atoms with Gasteiger partial charge in [-0.05, 0) is 62.3 Å². The SMILES string of the molecule is COc1ccc(C[NH2+]CC[C@@H](c2ccccc2)[C@H]2CCOC(C)(C)C2)cc1OC. The van der Waals surface area contributed by atoms with Gasteiger partial charge in [0.25, 0.3) is 0 Å². The molecule has 1 heterocycles. The number of benzene rings is 2. The van der Waals surface area contributed by atoms with Gasteiger partial charge in [0.2, 0.25) is 0 Å². The van der Waals surface area contributed by atoms with Crippen LogP contribution < -0.4 is 14.8 Å². The molecule has 0 amide bonds. The van der Waals surface area contributed by atoms with Crippen molar-refractivity contribution in [3.05, 3.63) is 59.7 Å². The van der Waals surface area contributed by atoms with Gasteiger partial charge in [0, 0.05) is 18.6 Å². The molecule has 0 unspecified atom stereocenters. The van der Waals surface area contributed by atoms with Gasteiger partial charge in [-0.2, -0.15) is 0 Å². The van der Waals surface area contributed by atoms with E-state index in [-0.39, 0.29) is 5.60 Å². The van der Waals surface area contributed by atoms with Crippen LogP contribution in [0.25, 0.3) is 0 Å². The highest BCUT2D eigenvalue weighted by Gasteiger charge is 2.34. The minimum atomic E-state index is -0.0146. The Kier molecular flexibility index (Phi) is 7.57. The van der Waals surface area contributed by atoms with E-state index in [1.807, 2.05) is 6.07 Å². The van der Waals surface area contributed by atoms with Crippen molar-refractivity contribution in [3.8, 4) is 11.5 Å². The van der Waals surface area contributed by atoms with Crippen LogP contribution in [0, 0.1) is 5.92 Å². The van der Waals surface area contributed by atoms with Crippen LogP contribution in [0.4, 0.5) is 0 Å². The van der Waals surface area contributed by atoms with Gasteiger partial charge in [0.1, 0.15) is 6.54 Å². The van der Waals surface area contributed by atoms with E-state index in [1.54, 1.807) is 14.2 Å². The van der Waals surface area contributed by atoms with Crippen molar-refractivity contribution < 1.29 is 19.5 Å². The standard InChI is InChI=1S/C25H35NO3/c1-25(2)17-21(13-15-29-25)22(20-8-6-5-7-9-20)12-14-26-18-19-10-11-23(27-3)24(16-19)28-4/h5-11,16,21-22,26H,12-15,17-18H2,1-4H3/p+1/t21-,22-/m0/s1. The molecular formula is C25H36NO3+. The van der Waals surface area contributed by atoms with Crippen LogP contribution in [0.3, 0.4) is 0 Å². The maximum Gasteiger partial charge on any atom is 0.161 e. The molecule has 0 saturated carbocycles. The fourth-order valence-electron chi connectivity index (χ4n) is 4.57. The monoisotopic (exact) mass is 398 g/mol. The van der Waals surface area contributed by atoms with E-state index in [9.17, 15) is 0 Å². The quantitative estimate of drug-likeness (QED) is 0.646. The lowest BCUT2D eigenvalue weighted by Crippen LogP contribution is -2.82. The molecule has 0 spiro atoms. The molecule has 2 aromatic rings. The van der Waals surface area contributed by atoms with E-state index in [1.165, 1.54) is 17.5 Å². The maximum absolute atomic E-state index is 5.98. The molecule has 1 saturated heterocycles. The molecule has 0 radical (unpaired) electrons. The molecule has 1 fully saturated rings. The third kappa shape index (κ3) is 5.97. The summed E-state index contributed by atoms with van der Waals surface area (Å²) in [5.41, 5.74) is 2.71. The number of hydrogen-bond acceptors (Lipinski definition) is 3. The first-order chi connectivity index (χ1) is 14.0. The molecule has 0 bridgehead atoms. The fourth-order valence-corrected chi connectivity index (χ4v) is 4.57. The fraction of sp³-hybridized carbons (Fsp3) is 0.520. The minimum Gasteiger partial charge on any atom is -0.493 e. The lowest BCUT2D eigenvalue weighted by atomic mass is 9.75. The predicted molar refractivity (Wildman–Crippen MR) is 117 cm³/mol. The summed E-state index contributed by atoms with van der Waals surface area (Å²) in [6, 6.07) is 17.2. The molecule has 1 aliphatic heterocycles. The van der Waals surface area contributed by atoms with Crippen LogP contribution in [0.15, 0.2) is 48.5 Å². The third-order valence-corrected chi connectivity index (χ3v) is 6.04. The van der Waals surface area contributed by atoms with Crippen molar-refractivity contribution in [2.45, 2.75) is 51.2 Å². The van der Waals surface area contributed by atoms with E-state index in [2.05, 4.69) is 61.6 Å². The molecule has 1 aliphatic rings. The predicted octanol–water partition coefficient (Wildman–Crippen LogP) is 4.15. The van der Waals surface area contributed by atoms with Gasteiger partial charge < -0.3 is 19.5 Å². The highest BCUT2D eigenvalue weighted by atomic mass is 16.5. The number of quaternary nitrogens is 1.